The molecule has 0 amide bonds. The standard InChI is InChI=1S/C17H33FN2O/c1-16(2,3)19(7)12-8-15(21-11-12)13-9-20(10-14(13)18)17(4,5)6/h12-15H,8-11H2,1-7H3/t12-,13?,14-,15?/m1/s1. The molecular formula is C17H33FN2O. The summed E-state index contributed by atoms with van der Waals surface area (Å²) >= 11 is 0. The van der Waals surface area contributed by atoms with Gasteiger partial charge in [-0.2, -0.15) is 0 Å². The molecular weight excluding hydrogens is 267 g/mol. The van der Waals surface area contributed by atoms with Crippen molar-refractivity contribution >= 4 is 0 Å². The van der Waals surface area contributed by atoms with Gasteiger partial charge in [-0.3, -0.25) is 9.80 Å². The summed E-state index contributed by atoms with van der Waals surface area (Å²) in [7, 11) is 2.15. The third kappa shape index (κ3) is 3.77. The second-order valence-electron chi connectivity index (χ2n) is 8.80. The summed E-state index contributed by atoms with van der Waals surface area (Å²) < 4.78 is 20.4. The van der Waals surface area contributed by atoms with E-state index in [1.54, 1.807) is 0 Å². The first-order chi connectivity index (χ1) is 9.50. The molecule has 0 aromatic rings. The number of likely N-dealkylation sites (N-methyl/N-ethyl adjacent to an activating group) is 1. The van der Waals surface area contributed by atoms with E-state index in [2.05, 4.69) is 58.4 Å². The van der Waals surface area contributed by atoms with E-state index >= 15 is 0 Å². The molecule has 2 aliphatic heterocycles. The summed E-state index contributed by atoms with van der Waals surface area (Å²) in [6.07, 6.45) is 0.270. The quantitative estimate of drug-likeness (QED) is 0.780. The van der Waals surface area contributed by atoms with Crippen molar-refractivity contribution in [3.05, 3.63) is 0 Å². The van der Waals surface area contributed by atoms with E-state index in [-0.39, 0.29) is 23.1 Å². The highest BCUT2D eigenvalue weighted by Gasteiger charge is 2.45. The first kappa shape index (κ1) is 17.2. The number of hydrogen-bond acceptors (Lipinski definition) is 3. The van der Waals surface area contributed by atoms with E-state index in [0.717, 1.165) is 19.6 Å². The van der Waals surface area contributed by atoms with Crippen molar-refractivity contribution in [1.29, 1.82) is 0 Å². The molecule has 3 nitrogen and oxygen atoms in total. The zero-order chi connectivity index (χ0) is 16.0. The SMILES string of the molecule is CN([C@H]1COC(C2CN(C(C)(C)C)C[C@H]2F)C1)C(C)(C)C. The van der Waals surface area contributed by atoms with Gasteiger partial charge in [-0.1, -0.05) is 0 Å². The van der Waals surface area contributed by atoms with Gasteiger partial charge < -0.3 is 4.74 Å². The Bertz CT molecular complexity index is 361. The van der Waals surface area contributed by atoms with Crippen molar-refractivity contribution in [2.24, 2.45) is 5.92 Å². The average molecular weight is 300 g/mol. The number of likely N-dealkylation sites (tertiary alicyclic amines) is 1. The number of hydrogen-bond donors (Lipinski definition) is 0. The van der Waals surface area contributed by atoms with Crippen molar-refractivity contribution in [2.45, 2.75) is 77.4 Å². The van der Waals surface area contributed by atoms with Crippen LogP contribution in [0, 0.1) is 5.92 Å². The zero-order valence-electron chi connectivity index (χ0n) is 14.8. The molecule has 21 heavy (non-hydrogen) atoms. The Balaban J connectivity index is 1.96. The fourth-order valence-electron chi connectivity index (χ4n) is 3.44. The van der Waals surface area contributed by atoms with Gasteiger partial charge >= 0.3 is 0 Å². The first-order valence-corrected chi connectivity index (χ1v) is 8.24. The van der Waals surface area contributed by atoms with Gasteiger partial charge in [0.2, 0.25) is 0 Å². The number of nitrogens with zero attached hydrogens (tertiary/aromatic N) is 2. The maximum Gasteiger partial charge on any atom is 0.119 e. The number of ether oxygens (including phenoxy) is 1. The first-order valence-electron chi connectivity index (χ1n) is 8.24. The fraction of sp³-hybridized carbons (Fsp3) is 1.00. The minimum Gasteiger partial charge on any atom is -0.376 e. The topological polar surface area (TPSA) is 15.7 Å². The van der Waals surface area contributed by atoms with Crippen LogP contribution in [0.2, 0.25) is 0 Å². The second kappa shape index (κ2) is 5.78. The molecule has 0 aromatic carbocycles. The lowest BCUT2D eigenvalue weighted by Crippen LogP contribution is -2.46. The second-order valence-corrected chi connectivity index (χ2v) is 8.80. The molecule has 0 radical (unpaired) electrons. The van der Waals surface area contributed by atoms with E-state index in [1.807, 2.05) is 0 Å². The summed E-state index contributed by atoms with van der Waals surface area (Å²) in [5.74, 6) is 0.0302. The maximum absolute atomic E-state index is 14.4. The Morgan fingerprint density at radius 1 is 1.10 bits per heavy atom. The molecule has 2 unspecified atom stereocenters. The third-order valence-electron chi connectivity index (χ3n) is 5.33. The highest BCUT2D eigenvalue weighted by molar-refractivity contribution is 4.97. The molecule has 0 N–H and O–H groups in total. The highest BCUT2D eigenvalue weighted by atomic mass is 19.1. The van der Waals surface area contributed by atoms with Gasteiger partial charge in [-0.15, -0.1) is 0 Å². The van der Waals surface area contributed by atoms with Gasteiger partial charge in [0, 0.05) is 36.1 Å². The monoisotopic (exact) mass is 300 g/mol. The molecule has 0 bridgehead atoms. The molecule has 124 valence electrons. The van der Waals surface area contributed by atoms with Crippen LogP contribution in [0.3, 0.4) is 0 Å². The van der Waals surface area contributed by atoms with Crippen molar-refractivity contribution in [1.82, 2.24) is 9.80 Å². The third-order valence-corrected chi connectivity index (χ3v) is 5.33. The van der Waals surface area contributed by atoms with Crippen LogP contribution in [0.5, 0.6) is 0 Å². The minimum atomic E-state index is -0.757. The molecule has 2 saturated heterocycles. The Hall–Kier alpha value is -0.190. The van der Waals surface area contributed by atoms with Gasteiger partial charge in [0.15, 0.2) is 0 Å². The Morgan fingerprint density at radius 2 is 1.71 bits per heavy atom. The van der Waals surface area contributed by atoms with Crippen LogP contribution in [0.25, 0.3) is 0 Å². The summed E-state index contributed by atoms with van der Waals surface area (Å²) in [6, 6.07) is 0.408. The van der Waals surface area contributed by atoms with Crippen molar-refractivity contribution in [2.75, 3.05) is 26.7 Å². The summed E-state index contributed by atoms with van der Waals surface area (Å²) in [4.78, 5) is 4.63. The molecule has 0 aromatic heterocycles. The fourth-order valence-corrected chi connectivity index (χ4v) is 3.44. The lowest BCUT2D eigenvalue weighted by Gasteiger charge is -2.36. The summed E-state index contributed by atoms with van der Waals surface area (Å²) in [5, 5.41) is 0. The summed E-state index contributed by atoms with van der Waals surface area (Å²) in [5.41, 5.74) is 0.171. The average Bonchev–Trinajstić information content (AvgIpc) is 2.91. The smallest absolute Gasteiger partial charge is 0.119 e. The van der Waals surface area contributed by atoms with Crippen molar-refractivity contribution in [3.63, 3.8) is 0 Å². The largest absolute Gasteiger partial charge is 0.376 e. The van der Waals surface area contributed by atoms with Crippen molar-refractivity contribution < 1.29 is 9.13 Å². The van der Waals surface area contributed by atoms with E-state index in [9.17, 15) is 4.39 Å². The van der Waals surface area contributed by atoms with Gasteiger partial charge in [0.05, 0.1) is 12.7 Å². The van der Waals surface area contributed by atoms with E-state index in [0.29, 0.717) is 12.6 Å². The Morgan fingerprint density at radius 3 is 2.19 bits per heavy atom. The lowest BCUT2D eigenvalue weighted by atomic mass is 9.94. The number of halogens is 1. The van der Waals surface area contributed by atoms with Crippen molar-refractivity contribution in [3.8, 4) is 0 Å². The van der Waals surface area contributed by atoms with Crippen LogP contribution in [0.4, 0.5) is 4.39 Å². The highest BCUT2D eigenvalue weighted by Crippen LogP contribution is 2.35. The van der Waals surface area contributed by atoms with Crippen LogP contribution in [0.1, 0.15) is 48.0 Å². The van der Waals surface area contributed by atoms with Gasteiger partial charge in [0.25, 0.3) is 0 Å². The van der Waals surface area contributed by atoms with Crippen LogP contribution in [-0.2, 0) is 4.74 Å². The number of alkyl halides is 1. The molecule has 0 saturated carbocycles. The number of rotatable bonds is 2. The Labute approximate surface area is 129 Å². The van der Waals surface area contributed by atoms with Crippen LogP contribution >= 0.6 is 0 Å². The minimum absolute atomic E-state index is 0.0302. The van der Waals surface area contributed by atoms with E-state index in [4.69, 9.17) is 4.74 Å². The molecule has 4 heteroatoms. The van der Waals surface area contributed by atoms with E-state index in [1.165, 1.54) is 0 Å². The Kier molecular flexibility index (Phi) is 4.73. The predicted octanol–water partition coefficient (Wildman–Crippen LogP) is 2.94. The molecule has 2 aliphatic rings. The molecule has 4 atom stereocenters. The maximum atomic E-state index is 14.4. The molecule has 0 aliphatic carbocycles. The zero-order valence-corrected chi connectivity index (χ0v) is 14.8. The summed E-state index contributed by atoms with van der Waals surface area (Å²) in [6.45, 7) is 15.2. The molecule has 2 rings (SSSR count). The lowest BCUT2D eigenvalue weighted by molar-refractivity contribution is 0.0356. The van der Waals surface area contributed by atoms with Crippen LogP contribution in [0.15, 0.2) is 0 Å². The van der Waals surface area contributed by atoms with Crippen LogP contribution in [-0.4, -0.2) is 65.9 Å². The van der Waals surface area contributed by atoms with E-state index < -0.39 is 6.17 Å². The van der Waals surface area contributed by atoms with Gasteiger partial charge in [-0.05, 0) is 55.0 Å². The predicted molar refractivity (Wildman–Crippen MR) is 85.4 cm³/mol. The molecule has 0 spiro atoms. The van der Waals surface area contributed by atoms with Crippen LogP contribution < -0.4 is 0 Å². The van der Waals surface area contributed by atoms with Gasteiger partial charge in [0.1, 0.15) is 6.17 Å². The molecule has 2 fully saturated rings. The van der Waals surface area contributed by atoms with Gasteiger partial charge in [-0.25, -0.2) is 4.39 Å². The molecule has 2 heterocycles. The normalized spacial score (nSPS) is 35.9.